The van der Waals surface area contributed by atoms with Gasteiger partial charge in [0.1, 0.15) is 17.9 Å². The Morgan fingerprint density at radius 2 is 2.00 bits per heavy atom. The molecule has 0 heterocycles. The van der Waals surface area contributed by atoms with Crippen LogP contribution in [-0.2, 0) is 9.53 Å². The minimum absolute atomic E-state index is 0.351. The molecule has 1 unspecified atom stereocenters. The Bertz CT molecular complexity index is 482. The fourth-order valence-corrected chi connectivity index (χ4v) is 2.04. The second-order valence-corrected chi connectivity index (χ2v) is 5.78. The smallest absolute Gasteiger partial charge is 0.411 e. The molecule has 0 aliphatic heterocycles. The molecule has 0 fully saturated rings. The average molecular weight is 298 g/mol. The fourth-order valence-electron chi connectivity index (χ4n) is 1.79. The lowest BCUT2D eigenvalue weighted by Gasteiger charge is -2.30. The fraction of sp³-hybridized carbons (Fsp3) is 0.467. The van der Waals surface area contributed by atoms with Crippen molar-refractivity contribution in [2.24, 2.45) is 0 Å². The molecule has 0 radical (unpaired) electrons. The van der Waals surface area contributed by atoms with Crippen molar-refractivity contribution in [3.8, 4) is 0 Å². The van der Waals surface area contributed by atoms with Crippen LogP contribution in [0.2, 0.25) is 5.02 Å². The summed E-state index contributed by atoms with van der Waals surface area (Å²) >= 11 is 6.10. The molecule has 1 aromatic rings. The molecule has 1 amide bonds. The van der Waals surface area contributed by atoms with Crippen LogP contribution in [0.1, 0.15) is 39.3 Å². The van der Waals surface area contributed by atoms with Crippen LogP contribution in [-0.4, -0.2) is 29.4 Å². The number of benzene rings is 1. The van der Waals surface area contributed by atoms with Gasteiger partial charge in [0.25, 0.3) is 0 Å². The Labute approximate surface area is 124 Å². The first kappa shape index (κ1) is 16.5. The van der Waals surface area contributed by atoms with E-state index in [4.69, 9.17) is 16.3 Å². The molecule has 20 heavy (non-hydrogen) atoms. The van der Waals surface area contributed by atoms with Gasteiger partial charge in [0.15, 0.2) is 0 Å². The Morgan fingerprint density at radius 1 is 1.40 bits per heavy atom. The van der Waals surface area contributed by atoms with Gasteiger partial charge in [-0.3, -0.25) is 4.90 Å². The van der Waals surface area contributed by atoms with Gasteiger partial charge in [0.2, 0.25) is 0 Å². The first-order chi connectivity index (χ1) is 9.30. The number of carbonyl (C=O) groups is 2. The van der Waals surface area contributed by atoms with Gasteiger partial charge in [0.05, 0.1) is 0 Å². The molecule has 0 aliphatic rings. The largest absolute Gasteiger partial charge is 0.444 e. The lowest BCUT2D eigenvalue weighted by Crippen LogP contribution is -2.39. The Hall–Kier alpha value is -1.55. The van der Waals surface area contributed by atoms with E-state index in [0.717, 1.165) is 0 Å². The maximum Gasteiger partial charge on any atom is 0.411 e. The van der Waals surface area contributed by atoms with Crippen molar-refractivity contribution in [2.45, 2.75) is 39.3 Å². The first-order valence-corrected chi connectivity index (χ1v) is 6.87. The van der Waals surface area contributed by atoms with Crippen LogP contribution in [0.3, 0.4) is 0 Å². The molecular formula is C15H20ClNO3. The SMILES string of the molecule is CCN(C(=O)OC(C)(C)C)C(C=O)c1ccccc1Cl. The van der Waals surface area contributed by atoms with Crippen LogP contribution in [0.4, 0.5) is 4.79 Å². The van der Waals surface area contributed by atoms with Crippen molar-refractivity contribution in [3.63, 3.8) is 0 Å². The third kappa shape index (κ3) is 4.23. The highest BCUT2D eigenvalue weighted by atomic mass is 35.5. The second-order valence-electron chi connectivity index (χ2n) is 5.37. The molecule has 0 bridgehead atoms. The molecule has 1 rings (SSSR count). The molecular weight excluding hydrogens is 278 g/mol. The van der Waals surface area contributed by atoms with E-state index in [0.29, 0.717) is 23.4 Å². The number of hydrogen-bond acceptors (Lipinski definition) is 3. The van der Waals surface area contributed by atoms with E-state index in [1.165, 1.54) is 4.90 Å². The molecule has 0 saturated carbocycles. The lowest BCUT2D eigenvalue weighted by atomic mass is 10.1. The number of nitrogens with zero attached hydrogens (tertiary/aromatic N) is 1. The van der Waals surface area contributed by atoms with Crippen LogP contribution in [0, 0.1) is 0 Å². The van der Waals surface area contributed by atoms with E-state index in [-0.39, 0.29) is 0 Å². The summed E-state index contributed by atoms with van der Waals surface area (Å²) in [5, 5.41) is 0.451. The van der Waals surface area contributed by atoms with Gasteiger partial charge in [-0.2, -0.15) is 0 Å². The molecule has 4 nitrogen and oxygen atoms in total. The Balaban J connectivity index is 3.05. The van der Waals surface area contributed by atoms with Crippen LogP contribution < -0.4 is 0 Å². The van der Waals surface area contributed by atoms with Gasteiger partial charge in [0, 0.05) is 17.1 Å². The molecule has 0 spiro atoms. The maximum absolute atomic E-state index is 12.2. The number of halogens is 1. The van der Waals surface area contributed by atoms with Gasteiger partial charge in [-0.05, 0) is 33.8 Å². The molecule has 1 aromatic carbocycles. The van der Waals surface area contributed by atoms with E-state index < -0.39 is 17.7 Å². The summed E-state index contributed by atoms with van der Waals surface area (Å²) in [5.74, 6) is 0. The minimum Gasteiger partial charge on any atom is -0.444 e. The molecule has 1 atom stereocenters. The highest BCUT2D eigenvalue weighted by Crippen LogP contribution is 2.27. The third-order valence-corrected chi connectivity index (χ3v) is 3.00. The van der Waals surface area contributed by atoms with Crippen molar-refractivity contribution in [2.75, 3.05) is 6.54 Å². The zero-order valence-electron chi connectivity index (χ0n) is 12.2. The number of likely N-dealkylation sites (N-methyl/N-ethyl adjacent to an activating group) is 1. The summed E-state index contributed by atoms with van der Waals surface area (Å²) in [6, 6.07) is 6.23. The predicted octanol–water partition coefficient (Wildman–Crippen LogP) is 3.84. The number of ether oxygens (including phenoxy) is 1. The summed E-state index contributed by atoms with van der Waals surface area (Å²) in [4.78, 5) is 25.0. The minimum atomic E-state index is -0.747. The first-order valence-electron chi connectivity index (χ1n) is 6.49. The van der Waals surface area contributed by atoms with Crippen molar-refractivity contribution in [3.05, 3.63) is 34.9 Å². The van der Waals surface area contributed by atoms with E-state index in [9.17, 15) is 9.59 Å². The Morgan fingerprint density at radius 3 is 2.45 bits per heavy atom. The van der Waals surface area contributed by atoms with Crippen LogP contribution >= 0.6 is 11.6 Å². The maximum atomic E-state index is 12.2. The normalized spacial score (nSPS) is 12.7. The van der Waals surface area contributed by atoms with Crippen molar-refractivity contribution in [1.29, 1.82) is 0 Å². The molecule has 0 saturated heterocycles. The number of amides is 1. The van der Waals surface area contributed by atoms with Crippen LogP contribution in [0.25, 0.3) is 0 Å². The standard InChI is InChI=1S/C15H20ClNO3/c1-5-17(14(19)20-15(2,3)4)13(10-18)11-8-6-7-9-12(11)16/h6-10,13H,5H2,1-4H3. The van der Waals surface area contributed by atoms with E-state index in [1.54, 1.807) is 52.0 Å². The third-order valence-electron chi connectivity index (χ3n) is 2.66. The predicted molar refractivity (Wildman–Crippen MR) is 78.9 cm³/mol. The molecule has 110 valence electrons. The summed E-state index contributed by atoms with van der Waals surface area (Å²) in [6.07, 6.45) is 0.172. The van der Waals surface area contributed by atoms with Gasteiger partial charge >= 0.3 is 6.09 Å². The van der Waals surface area contributed by atoms with Crippen LogP contribution in [0.5, 0.6) is 0 Å². The summed E-state index contributed by atoms with van der Waals surface area (Å²) in [7, 11) is 0. The molecule has 0 N–H and O–H groups in total. The van der Waals surface area contributed by atoms with Gasteiger partial charge < -0.3 is 9.53 Å². The highest BCUT2D eigenvalue weighted by molar-refractivity contribution is 6.31. The van der Waals surface area contributed by atoms with Gasteiger partial charge in [-0.25, -0.2) is 4.79 Å². The number of carbonyl (C=O) groups excluding carboxylic acids is 2. The number of hydrogen-bond donors (Lipinski definition) is 0. The van der Waals surface area contributed by atoms with Crippen molar-refractivity contribution in [1.82, 2.24) is 4.90 Å². The van der Waals surface area contributed by atoms with Crippen LogP contribution in [0.15, 0.2) is 24.3 Å². The average Bonchev–Trinajstić information content (AvgIpc) is 2.34. The van der Waals surface area contributed by atoms with E-state index >= 15 is 0 Å². The van der Waals surface area contributed by atoms with Crippen molar-refractivity contribution < 1.29 is 14.3 Å². The topological polar surface area (TPSA) is 46.6 Å². The molecule has 0 aromatic heterocycles. The van der Waals surface area contributed by atoms with Gasteiger partial charge in [-0.15, -0.1) is 0 Å². The zero-order chi connectivity index (χ0) is 15.3. The second kappa shape index (κ2) is 6.75. The highest BCUT2D eigenvalue weighted by Gasteiger charge is 2.29. The lowest BCUT2D eigenvalue weighted by molar-refractivity contribution is -0.112. The monoisotopic (exact) mass is 297 g/mol. The Kier molecular flexibility index (Phi) is 5.57. The number of aldehydes is 1. The van der Waals surface area contributed by atoms with E-state index in [1.807, 2.05) is 0 Å². The van der Waals surface area contributed by atoms with E-state index in [2.05, 4.69) is 0 Å². The molecule has 0 aliphatic carbocycles. The van der Waals surface area contributed by atoms with Gasteiger partial charge in [-0.1, -0.05) is 29.8 Å². The van der Waals surface area contributed by atoms with Crippen molar-refractivity contribution >= 4 is 24.0 Å². The summed E-state index contributed by atoms with van der Waals surface area (Å²) in [5.41, 5.74) is -0.0183. The number of rotatable bonds is 4. The molecule has 5 heteroatoms. The zero-order valence-corrected chi connectivity index (χ0v) is 13.0. The summed E-state index contributed by atoms with van der Waals surface area (Å²) in [6.45, 7) is 7.49. The quantitative estimate of drug-likeness (QED) is 0.793. The summed E-state index contributed by atoms with van der Waals surface area (Å²) < 4.78 is 5.32.